The monoisotopic (exact) mass is 184 g/mol. The molecule has 74 valence electrons. The number of nitrogens with zero attached hydrogens (tertiary/aromatic N) is 1. The lowest BCUT2D eigenvalue weighted by Gasteiger charge is -2.27. The standard InChI is InChI=1S/C9H16N2O2/c12-9-10-8(7-13-9)6-11-4-2-1-3-5-11/h8H,1-7H2,(H,10,12)/t8-/m1/s1. The molecule has 4 heteroatoms. The van der Waals surface area contributed by atoms with Gasteiger partial charge in [-0.3, -0.25) is 0 Å². The highest BCUT2D eigenvalue weighted by atomic mass is 16.6. The molecule has 0 radical (unpaired) electrons. The van der Waals surface area contributed by atoms with Crippen molar-refractivity contribution in [3.8, 4) is 0 Å². The Kier molecular flexibility index (Phi) is 2.68. The zero-order chi connectivity index (χ0) is 9.10. The van der Waals surface area contributed by atoms with Crippen LogP contribution in [-0.2, 0) is 4.74 Å². The summed E-state index contributed by atoms with van der Waals surface area (Å²) in [5, 5.41) is 2.80. The van der Waals surface area contributed by atoms with Gasteiger partial charge in [0.2, 0.25) is 0 Å². The lowest BCUT2D eigenvalue weighted by atomic mass is 10.1. The average molecular weight is 184 g/mol. The van der Waals surface area contributed by atoms with E-state index in [1.54, 1.807) is 0 Å². The van der Waals surface area contributed by atoms with Crippen LogP contribution < -0.4 is 5.32 Å². The van der Waals surface area contributed by atoms with E-state index in [4.69, 9.17) is 4.74 Å². The van der Waals surface area contributed by atoms with E-state index >= 15 is 0 Å². The molecule has 13 heavy (non-hydrogen) atoms. The lowest BCUT2D eigenvalue weighted by molar-refractivity contribution is 0.171. The van der Waals surface area contributed by atoms with Gasteiger partial charge in [0, 0.05) is 6.54 Å². The van der Waals surface area contributed by atoms with E-state index in [2.05, 4.69) is 10.2 Å². The van der Waals surface area contributed by atoms with Crippen molar-refractivity contribution in [1.29, 1.82) is 0 Å². The maximum atomic E-state index is 10.7. The first-order valence-corrected chi connectivity index (χ1v) is 5.00. The first-order valence-electron chi connectivity index (χ1n) is 5.00. The van der Waals surface area contributed by atoms with Crippen molar-refractivity contribution in [1.82, 2.24) is 10.2 Å². The second-order valence-electron chi connectivity index (χ2n) is 3.80. The van der Waals surface area contributed by atoms with Gasteiger partial charge in [-0.25, -0.2) is 4.79 Å². The number of carbonyl (C=O) groups excluding carboxylic acids is 1. The maximum Gasteiger partial charge on any atom is 0.407 e. The van der Waals surface area contributed by atoms with Crippen molar-refractivity contribution in [3.63, 3.8) is 0 Å². The maximum absolute atomic E-state index is 10.7. The zero-order valence-electron chi connectivity index (χ0n) is 7.79. The first kappa shape index (κ1) is 8.81. The number of piperidine rings is 1. The van der Waals surface area contributed by atoms with Crippen LogP contribution in [0.1, 0.15) is 19.3 Å². The minimum atomic E-state index is -0.262. The van der Waals surface area contributed by atoms with Crippen LogP contribution in [-0.4, -0.2) is 43.3 Å². The summed E-state index contributed by atoms with van der Waals surface area (Å²) in [6, 6.07) is 0.214. The van der Waals surface area contributed by atoms with Crippen LogP contribution in [0.2, 0.25) is 0 Å². The third kappa shape index (κ3) is 2.34. The summed E-state index contributed by atoms with van der Waals surface area (Å²) in [4.78, 5) is 13.1. The molecular formula is C9H16N2O2. The Morgan fingerprint density at radius 3 is 2.77 bits per heavy atom. The number of likely N-dealkylation sites (tertiary alicyclic amines) is 1. The molecule has 2 fully saturated rings. The summed E-state index contributed by atoms with van der Waals surface area (Å²) in [6.07, 6.45) is 3.68. The van der Waals surface area contributed by atoms with Crippen LogP contribution in [0.5, 0.6) is 0 Å². The predicted molar refractivity (Wildman–Crippen MR) is 48.6 cm³/mol. The molecule has 0 saturated carbocycles. The van der Waals surface area contributed by atoms with E-state index in [1.807, 2.05) is 0 Å². The van der Waals surface area contributed by atoms with Crippen LogP contribution in [0.4, 0.5) is 4.79 Å². The number of nitrogens with one attached hydrogen (secondary N) is 1. The molecule has 2 aliphatic rings. The van der Waals surface area contributed by atoms with Crippen LogP contribution in [0.15, 0.2) is 0 Å². The quantitative estimate of drug-likeness (QED) is 0.682. The Balaban J connectivity index is 1.73. The van der Waals surface area contributed by atoms with Crippen LogP contribution >= 0.6 is 0 Å². The topological polar surface area (TPSA) is 41.6 Å². The number of amides is 1. The van der Waals surface area contributed by atoms with Gasteiger partial charge in [-0.05, 0) is 25.9 Å². The number of alkyl carbamates (subject to hydrolysis) is 1. The molecule has 2 saturated heterocycles. The zero-order valence-corrected chi connectivity index (χ0v) is 7.79. The smallest absolute Gasteiger partial charge is 0.407 e. The van der Waals surface area contributed by atoms with Crippen molar-refractivity contribution in [2.45, 2.75) is 25.3 Å². The highest BCUT2D eigenvalue weighted by Crippen LogP contribution is 2.10. The lowest BCUT2D eigenvalue weighted by Crippen LogP contribution is -2.41. The molecular weight excluding hydrogens is 168 g/mol. The van der Waals surface area contributed by atoms with Gasteiger partial charge in [-0.15, -0.1) is 0 Å². The summed E-state index contributed by atoms with van der Waals surface area (Å²) in [5.41, 5.74) is 0. The van der Waals surface area contributed by atoms with Gasteiger partial charge in [0.1, 0.15) is 6.61 Å². The van der Waals surface area contributed by atoms with Gasteiger partial charge in [0.25, 0.3) is 0 Å². The molecule has 0 unspecified atom stereocenters. The summed E-state index contributed by atoms with van der Waals surface area (Å²) < 4.78 is 4.83. The minimum absolute atomic E-state index is 0.214. The normalized spacial score (nSPS) is 29.8. The molecule has 1 amide bonds. The average Bonchev–Trinajstić information content (AvgIpc) is 2.53. The summed E-state index contributed by atoms with van der Waals surface area (Å²) in [7, 11) is 0. The van der Waals surface area contributed by atoms with E-state index in [-0.39, 0.29) is 12.1 Å². The van der Waals surface area contributed by atoms with Crippen molar-refractivity contribution in [3.05, 3.63) is 0 Å². The molecule has 1 atom stereocenters. The van der Waals surface area contributed by atoms with Crippen molar-refractivity contribution in [2.75, 3.05) is 26.2 Å². The highest BCUT2D eigenvalue weighted by molar-refractivity contribution is 5.69. The number of rotatable bonds is 2. The number of hydrogen-bond donors (Lipinski definition) is 1. The number of cyclic esters (lactones) is 1. The first-order chi connectivity index (χ1) is 6.34. The molecule has 0 spiro atoms. The molecule has 0 aromatic rings. The minimum Gasteiger partial charge on any atom is -0.447 e. The predicted octanol–water partition coefficient (Wildman–Crippen LogP) is 0.581. The number of hydrogen-bond acceptors (Lipinski definition) is 3. The Bertz CT molecular complexity index is 190. The summed E-state index contributed by atoms with van der Waals surface area (Å²) in [6.45, 7) is 3.83. The second-order valence-corrected chi connectivity index (χ2v) is 3.80. The number of ether oxygens (including phenoxy) is 1. The van der Waals surface area contributed by atoms with E-state index in [0.717, 1.165) is 6.54 Å². The number of carbonyl (C=O) groups is 1. The van der Waals surface area contributed by atoms with Crippen LogP contribution in [0, 0.1) is 0 Å². The fourth-order valence-electron chi connectivity index (χ4n) is 1.98. The van der Waals surface area contributed by atoms with Crippen molar-refractivity contribution >= 4 is 6.09 Å². The molecule has 0 aromatic carbocycles. The Labute approximate surface area is 78.2 Å². The Hall–Kier alpha value is -0.770. The van der Waals surface area contributed by atoms with Crippen molar-refractivity contribution in [2.24, 2.45) is 0 Å². The molecule has 2 aliphatic heterocycles. The molecule has 4 nitrogen and oxygen atoms in total. The van der Waals surface area contributed by atoms with Gasteiger partial charge < -0.3 is 15.0 Å². The third-order valence-electron chi connectivity index (χ3n) is 2.66. The fraction of sp³-hybridized carbons (Fsp3) is 0.889. The third-order valence-corrected chi connectivity index (χ3v) is 2.66. The molecule has 1 N–H and O–H groups in total. The summed E-state index contributed by atoms with van der Waals surface area (Å²) >= 11 is 0. The van der Waals surface area contributed by atoms with Crippen LogP contribution in [0.3, 0.4) is 0 Å². The molecule has 0 bridgehead atoms. The highest BCUT2D eigenvalue weighted by Gasteiger charge is 2.24. The van der Waals surface area contributed by atoms with E-state index in [0.29, 0.717) is 6.61 Å². The SMILES string of the molecule is O=C1N[C@H](CN2CCCCC2)CO1. The van der Waals surface area contributed by atoms with Gasteiger partial charge >= 0.3 is 6.09 Å². The van der Waals surface area contributed by atoms with E-state index in [9.17, 15) is 4.79 Å². The summed E-state index contributed by atoms with van der Waals surface area (Å²) in [5.74, 6) is 0. The molecule has 0 aromatic heterocycles. The molecule has 2 heterocycles. The van der Waals surface area contributed by atoms with E-state index < -0.39 is 0 Å². The van der Waals surface area contributed by atoms with Crippen LogP contribution in [0.25, 0.3) is 0 Å². The van der Waals surface area contributed by atoms with Crippen molar-refractivity contribution < 1.29 is 9.53 Å². The van der Waals surface area contributed by atoms with Gasteiger partial charge in [0.15, 0.2) is 0 Å². The second kappa shape index (κ2) is 3.96. The van der Waals surface area contributed by atoms with Gasteiger partial charge in [-0.2, -0.15) is 0 Å². The Morgan fingerprint density at radius 2 is 2.15 bits per heavy atom. The largest absolute Gasteiger partial charge is 0.447 e. The van der Waals surface area contributed by atoms with Gasteiger partial charge in [-0.1, -0.05) is 6.42 Å². The molecule has 0 aliphatic carbocycles. The van der Waals surface area contributed by atoms with Gasteiger partial charge in [0.05, 0.1) is 6.04 Å². The molecule has 2 rings (SSSR count). The fourth-order valence-corrected chi connectivity index (χ4v) is 1.98. The Morgan fingerprint density at radius 1 is 1.38 bits per heavy atom. The van der Waals surface area contributed by atoms with E-state index in [1.165, 1.54) is 32.4 Å².